The summed E-state index contributed by atoms with van der Waals surface area (Å²) in [6, 6.07) is 0.422. The van der Waals surface area contributed by atoms with Crippen LogP contribution in [-0.2, 0) is 4.79 Å². The van der Waals surface area contributed by atoms with Gasteiger partial charge in [-0.05, 0) is 26.2 Å². The fourth-order valence-electron chi connectivity index (χ4n) is 1.24. The zero-order valence-corrected chi connectivity index (χ0v) is 13.0. The summed E-state index contributed by atoms with van der Waals surface area (Å²) in [6.07, 6.45) is 3.38. The summed E-state index contributed by atoms with van der Waals surface area (Å²) in [5.41, 5.74) is 0. The van der Waals surface area contributed by atoms with Crippen molar-refractivity contribution in [1.29, 1.82) is 0 Å². The summed E-state index contributed by atoms with van der Waals surface area (Å²) >= 11 is 4.80. The number of nitrogens with zero attached hydrogens (tertiary/aromatic N) is 2. The molecular formula is C11H17N3OS3. The van der Waals surface area contributed by atoms with E-state index in [9.17, 15) is 4.79 Å². The number of rotatable bonds is 7. The Labute approximate surface area is 120 Å². The number of hydrogen-bond acceptors (Lipinski definition) is 6. The van der Waals surface area contributed by atoms with E-state index in [1.54, 1.807) is 23.1 Å². The molecule has 1 aromatic rings. The molecular weight excluding hydrogens is 286 g/mol. The van der Waals surface area contributed by atoms with Gasteiger partial charge >= 0.3 is 0 Å². The predicted molar refractivity (Wildman–Crippen MR) is 77.4 cm³/mol. The van der Waals surface area contributed by atoms with Gasteiger partial charge in [0.05, 0.1) is 5.25 Å². The van der Waals surface area contributed by atoms with E-state index in [0.29, 0.717) is 6.04 Å². The van der Waals surface area contributed by atoms with Gasteiger partial charge in [0.15, 0.2) is 8.68 Å². The van der Waals surface area contributed by atoms with Crippen molar-refractivity contribution in [2.45, 2.75) is 53.1 Å². The molecule has 0 spiro atoms. The van der Waals surface area contributed by atoms with Gasteiger partial charge in [0.2, 0.25) is 5.91 Å². The summed E-state index contributed by atoms with van der Waals surface area (Å²) in [6.45, 7) is 4.07. The molecule has 2 rings (SSSR count). The van der Waals surface area contributed by atoms with Gasteiger partial charge in [-0.2, -0.15) is 0 Å². The van der Waals surface area contributed by atoms with Crippen LogP contribution in [0.3, 0.4) is 0 Å². The number of nitrogens with one attached hydrogen (secondary N) is 1. The molecule has 1 aliphatic rings. The topological polar surface area (TPSA) is 54.9 Å². The second-order valence-electron chi connectivity index (χ2n) is 4.23. The number of carbonyl (C=O) groups is 1. The summed E-state index contributed by atoms with van der Waals surface area (Å²) < 4.78 is 1.88. The number of thioether (sulfide) groups is 2. The molecule has 1 aliphatic carbocycles. The lowest BCUT2D eigenvalue weighted by Gasteiger charge is -2.08. The lowest BCUT2D eigenvalue weighted by atomic mass is 10.4. The van der Waals surface area contributed by atoms with Crippen molar-refractivity contribution in [3.63, 3.8) is 0 Å². The zero-order chi connectivity index (χ0) is 13.0. The first-order chi connectivity index (χ1) is 8.69. The monoisotopic (exact) mass is 303 g/mol. The summed E-state index contributed by atoms with van der Waals surface area (Å²) in [7, 11) is 0. The van der Waals surface area contributed by atoms with Crippen LogP contribution in [0.1, 0.15) is 33.1 Å². The molecule has 0 bridgehead atoms. The molecule has 100 valence electrons. The standard InChI is InChI=1S/C11H17N3OS3/c1-3-6-16-10-13-14-11(18-10)17-7(2)9(15)12-8-4-5-8/h7-8H,3-6H2,1-2H3,(H,12,15)/t7-/m0/s1. The van der Waals surface area contributed by atoms with Crippen molar-refractivity contribution >= 4 is 40.8 Å². The molecule has 0 unspecified atom stereocenters. The predicted octanol–water partition coefficient (Wildman–Crippen LogP) is 2.80. The minimum Gasteiger partial charge on any atom is -0.352 e. The molecule has 4 nitrogen and oxygen atoms in total. The zero-order valence-electron chi connectivity index (χ0n) is 10.5. The molecule has 1 fully saturated rings. The van der Waals surface area contributed by atoms with Gasteiger partial charge in [0.1, 0.15) is 0 Å². The Bertz CT molecular complexity index is 406. The van der Waals surface area contributed by atoms with E-state index in [1.165, 1.54) is 11.8 Å². The van der Waals surface area contributed by atoms with Crippen molar-refractivity contribution in [2.24, 2.45) is 0 Å². The Morgan fingerprint density at radius 1 is 1.50 bits per heavy atom. The van der Waals surface area contributed by atoms with Crippen molar-refractivity contribution in [1.82, 2.24) is 15.5 Å². The van der Waals surface area contributed by atoms with Crippen LogP contribution in [0.5, 0.6) is 0 Å². The summed E-state index contributed by atoms with van der Waals surface area (Å²) in [4.78, 5) is 11.8. The van der Waals surface area contributed by atoms with Gasteiger partial charge in [0, 0.05) is 11.8 Å². The van der Waals surface area contributed by atoms with E-state index >= 15 is 0 Å². The van der Waals surface area contributed by atoms with Crippen LogP contribution in [0, 0.1) is 0 Å². The average Bonchev–Trinajstić information content (AvgIpc) is 3.05. The Morgan fingerprint density at radius 3 is 2.89 bits per heavy atom. The van der Waals surface area contributed by atoms with E-state index in [1.807, 2.05) is 6.92 Å². The first-order valence-electron chi connectivity index (χ1n) is 6.12. The number of amides is 1. The SMILES string of the molecule is CCCSc1nnc(S[C@@H](C)C(=O)NC2CC2)s1. The van der Waals surface area contributed by atoms with Gasteiger partial charge in [-0.25, -0.2) is 0 Å². The largest absolute Gasteiger partial charge is 0.352 e. The van der Waals surface area contributed by atoms with Gasteiger partial charge in [-0.1, -0.05) is 41.8 Å². The van der Waals surface area contributed by atoms with Crippen LogP contribution < -0.4 is 5.32 Å². The van der Waals surface area contributed by atoms with Crippen molar-refractivity contribution in [3.05, 3.63) is 0 Å². The van der Waals surface area contributed by atoms with Crippen LogP contribution in [0.4, 0.5) is 0 Å². The first-order valence-corrected chi connectivity index (χ1v) is 8.80. The molecule has 1 amide bonds. The molecule has 0 aliphatic heterocycles. The average molecular weight is 303 g/mol. The molecule has 0 aromatic carbocycles. The fourth-order valence-corrected chi connectivity index (χ4v) is 4.34. The van der Waals surface area contributed by atoms with Gasteiger partial charge < -0.3 is 5.32 Å². The van der Waals surface area contributed by atoms with Gasteiger partial charge in [0.25, 0.3) is 0 Å². The van der Waals surface area contributed by atoms with Crippen LogP contribution in [-0.4, -0.2) is 33.1 Å². The first kappa shape index (κ1) is 14.1. The molecule has 1 saturated carbocycles. The Hall–Kier alpha value is -0.270. The third-order valence-corrected chi connectivity index (χ3v) is 5.83. The number of aromatic nitrogens is 2. The molecule has 1 aromatic heterocycles. The molecule has 18 heavy (non-hydrogen) atoms. The molecule has 1 heterocycles. The van der Waals surface area contributed by atoms with E-state index in [-0.39, 0.29) is 11.2 Å². The lowest BCUT2D eigenvalue weighted by Crippen LogP contribution is -2.32. The highest BCUT2D eigenvalue weighted by Gasteiger charge is 2.26. The quantitative estimate of drug-likeness (QED) is 0.785. The molecule has 0 saturated heterocycles. The highest BCUT2D eigenvalue weighted by atomic mass is 32.2. The summed E-state index contributed by atoms with van der Waals surface area (Å²) in [5, 5.41) is 11.1. The van der Waals surface area contributed by atoms with Crippen LogP contribution >= 0.6 is 34.9 Å². The third kappa shape index (κ3) is 4.44. The second-order valence-corrected chi connectivity index (χ2v) is 8.13. The van der Waals surface area contributed by atoms with Gasteiger partial charge in [-0.3, -0.25) is 4.79 Å². The highest BCUT2D eigenvalue weighted by molar-refractivity contribution is 8.03. The van der Waals surface area contributed by atoms with Crippen LogP contribution in [0.25, 0.3) is 0 Å². The molecule has 7 heteroatoms. The van der Waals surface area contributed by atoms with E-state index in [2.05, 4.69) is 22.4 Å². The second kappa shape index (κ2) is 6.77. The summed E-state index contributed by atoms with van der Waals surface area (Å²) in [5.74, 6) is 1.18. The van der Waals surface area contributed by atoms with Crippen LogP contribution in [0.2, 0.25) is 0 Å². The normalized spacial score (nSPS) is 16.6. The van der Waals surface area contributed by atoms with E-state index < -0.39 is 0 Å². The van der Waals surface area contributed by atoms with Crippen molar-refractivity contribution in [3.8, 4) is 0 Å². The Morgan fingerprint density at radius 2 is 2.22 bits per heavy atom. The molecule has 1 atom stereocenters. The Balaban J connectivity index is 1.80. The molecule has 1 N–H and O–H groups in total. The van der Waals surface area contributed by atoms with E-state index in [0.717, 1.165) is 33.7 Å². The minimum atomic E-state index is -0.0948. The fraction of sp³-hybridized carbons (Fsp3) is 0.727. The lowest BCUT2D eigenvalue weighted by molar-refractivity contribution is -0.120. The van der Waals surface area contributed by atoms with Crippen molar-refractivity contribution in [2.75, 3.05) is 5.75 Å². The maximum Gasteiger partial charge on any atom is 0.233 e. The maximum absolute atomic E-state index is 11.8. The maximum atomic E-state index is 11.8. The third-order valence-electron chi connectivity index (χ3n) is 2.39. The highest BCUT2D eigenvalue weighted by Crippen LogP contribution is 2.31. The van der Waals surface area contributed by atoms with E-state index in [4.69, 9.17) is 0 Å². The Kier molecular flexibility index (Phi) is 5.32. The van der Waals surface area contributed by atoms with Gasteiger partial charge in [-0.15, -0.1) is 10.2 Å². The van der Waals surface area contributed by atoms with Crippen LogP contribution in [0.15, 0.2) is 8.68 Å². The van der Waals surface area contributed by atoms with Crippen molar-refractivity contribution < 1.29 is 4.79 Å². The minimum absolute atomic E-state index is 0.0948. The molecule has 0 radical (unpaired) electrons. The smallest absolute Gasteiger partial charge is 0.233 e. The number of carbonyl (C=O) groups excluding carboxylic acids is 1. The number of hydrogen-bond donors (Lipinski definition) is 1.